The molecule has 0 unspecified atom stereocenters. The van der Waals surface area contributed by atoms with Crippen LogP contribution in [0.5, 0.6) is 17.2 Å². The number of furan rings is 1. The molecule has 0 fully saturated rings. The standard InChI is InChI=1S/C44H24N4O3/c49-36-19-7-13-28-26-11-1-3-16-33(26)47-35-18-8-20-37(41(35)46-43(47)40(28)36)50-25-10-5-9-24(21-25)32-22-31-38(23-45-32)51-44-39(31)30-15-6-14-29-27-12-2-4-17-34(27)48(44)42(29)30/h1-23,49H. The SMILES string of the molecule is Oc1cccc2c3ccccc3n3c4cccc(Oc5cccc(-c6cc7c(cn6)oc6c7c7cccc8c9ccccc9n6c87)c5)c4nc3c12. The van der Waals surface area contributed by atoms with Crippen molar-refractivity contribution in [1.29, 1.82) is 0 Å². The smallest absolute Gasteiger partial charge is 0.213 e. The van der Waals surface area contributed by atoms with Crippen molar-refractivity contribution in [2.45, 2.75) is 0 Å². The second-order valence-corrected chi connectivity index (χ2v) is 13.1. The van der Waals surface area contributed by atoms with Gasteiger partial charge in [-0.15, -0.1) is 0 Å². The Hall–Kier alpha value is -7.12. The molecule has 0 bridgehead atoms. The van der Waals surface area contributed by atoms with Crippen molar-refractivity contribution in [3.63, 3.8) is 0 Å². The highest BCUT2D eigenvalue weighted by atomic mass is 16.5. The molecule has 7 nitrogen and oxygen atoms in total. The van der Waals surface area contributed by atoms with E-state index in [4.69, 9.17) is 19.1 Å². The number of benzene rings is 6. The zero-order chi connectivity index (χ0) is 33.4. The Morgan fingerprint density at radius 2 is 1.29 bits per heavy atom. The molecule has 12 rings (SSSR count). The quantitative estimate of drug-likeness (QED) is 0.192. The minimum Gasteiger partial charge on any atom is -0.507 e. The Balaban J connectivity index is 1.01. The summed E-state index contributed by atoms with van der Waals surface area (Å²) in [5.74, 6) is 1.49. The van der Waals surface area contributed by atoms with E-state index in [0.717, 1.165) is 60.6 Å². The Kier molecular flexibility index (Phi) is 5.00. The minimum atomic E-state index is 0.195. The fraction of sp³-hybridized carbons (Fsp3) is 0. The van der Waals surface area contributed by atoms with Gasteiger partial charge < -0.3 is 14.3 Å². The highest BCUT2D eigenvalue weighted by Gasteiger charge is 2.23. The van der Waals surface area contributed by atoms with Crippen LogP contribution in [0.3, 0.4) is 0 Å². The summed E-state index contributed by atoms with van der Waals surface area (Å²) in [5, 5.41) is 19.5. The molecule has 0 aliphatic rings. The molecule has 12 aromatic rings. The predicted molar refractivity (Wildman–Crippen MR) is 204 cm³/mol. The number of hydrogen-bond donors (Lipinski definition) is 1. The molecule has 0 amide bonds. The largest absolute Gasteiger partial charge is 0.507 e. The third-order valence-electron chi connectivity index (χ3n) is 10.4. The molecule has 51 heavy (non-hydrogen) atoms. The molecule has 0 saturated carbocycles. The molecule has 6 aromatic carbocycles. The predicted octanol–water partition coefficient (Wildman–Crippen LogP) is 11.3. The molecule has 0 saturated heterocycles. The number of phenols is 1. The summed E-state index contributed by atoms with van der Waals surface area (Å²) in [6.07, 6.45) is 1.82. The molecule has 7 heteroatoms. The number of aromatic hydroxyl groups is 1. The van der Waals surface area contributed by atoms with Crippen molar-refractivity contribution in [2.75, 3.05) is 0 Å². The molecule has 0 spiro atoms. The number of pyridine rings is 2. The molecule has 0 radical (unpaired) electrons. The molecule has 0 aliphatic heterocycles. The third kappa shape index (κ3) is 3.46. The molecule has 0 atom stereocenters. The van der Waals surface area contributed by atoms with Gasteiger partial charge in [0, 0.05) is 32.5 Å². The monoisotopic (exact) mass is 656 g/mol. The first-order valence-corrected chi connectivity index (χ1v) is 16.9. The van der Waals surface area contributed by atoms with Crippen LogP contribution < -0.4 is 4.74 Å². The van der Waals surface area contributed by atoms with E-state index in [-0.39, 0.29) is 5.75 Å². The van der Waals surface area contributed by atoms with E-state index in [2.05, 4.69) is 69.5 Å². The lowest BCUT2D eigenvalue weighted by molar-refractivity contribution is 0.482. The molecule has 0 aliphatic carbocycles. The van der Waals surface area contributed by atoms with Crippen LogP contribution in [0.2, 0.25) is 0 Å². The topological polar surface area (TPSA) is 77.2 Å². The van der Waals surface area contributed by atoms with E-state index in [1.165, 1.54) is 21.7 Å². The molecule has 238 valence electrons. The summed E-state index contributed by atoms with van der Waals surface area (Å²) in [6.45, 7) is 0. The summed E-state index contributed by atoms with van der Waals surface area (Å²) >= 11 is 0. The summed E-state index contributed by atoms with van der Waals surface area (Å²) < 4.78 is 17.5. The highest BCUT2D eigenvalue weighted by molar-refractivity contribution is 6.28. The number of aromatic nitrogens is 4. The van der Waals surface area contributed by atoms with Crippen molar-refractivity contribution in [2.24, 2.45) is 0 Å². The fourth-order valence-electron chi connectivity index (χ4n) is 8.31. The number of para-hydroxylation sites is 4. The van der Waals surface area contributed by atoms with E-state index < -0.39 is 0 Å². The number of fused-ring (bicyclic) bond motifs is 16. The van der Waals surface area contributed by atoms with E-state index in [0.29, 0.717) is 28.0 Å². The first-order chi connectivity index (χ1) is 25.2. The van der Waals surface area contributed by atoms with Gasteiger partial charge in [0.25, 0.3) is 0 Å². The average molecular weight is 657 g/mol. The Bertz CT molecular complexity index is 3420. The maximum Gasteiger partial charge on any atom is 0.213 e. The molecule has 1 N–H and O–H groups in total. The zero-order valence-corrected chi connectivity index (χ0v) is 26.8. The molecular formula is C44H24N4O3. The number of imidazole rings is 1. The van der Waals surface area contributed by atoms with Gasteiger partial charge in [-0.25, -0.2) is 4.98 Å². The van der Waals surface area contributed by atoms with Gasteiger partial charge in [-0.2, -0.15) is 0 Å². The van der Waals surface area contributed by atoms with Crippen molar-refractivity contribution < 1.29 is 14.3 Å². The molecular weight excluding hydrogens is 633 g/mol. The van der Waals surface area contributed by atoms with E-state index in [1.807, 2.05) is 72.9 Å². The van der Waals surface area contributed by atoms with Crippen LogP contribution in [0.25, 0.3) is 98.9 Å². The van der Waals surface area contributed by atoms with Crippen LogP contribution in [-0.2, 0) is 0 Å². The van der Waals surface area contributed by atoms with Gasteiger partial charge in [-0.1, -0.05) is 84.9 Å². The zero-order valence-electron chi connectivity index (χ0n) is 26.8. The van der Waals surface area contributed by atoms with Crippen LogP contribution in [0.1, 0.15) is 0 Å². The normalized spacial score (nSPS) is 12.4. The van der Waals surface area contributed by atoms with Crippen LogP contribution in [0.15, 0.2) is 144 Å². The Morgan fingerprint density at radius 1 is 0.588 bits per heavy atom. The Labute approximate surface area is 288 Å². The van der Waals surface area contributed by atoms with Gasteiger partial charge in [-0.3, -0.25) is 13.8 Å². The first-order valence-electron chi connectivity index (χ1n) is 16.9. The van der Waals surface area contributed by atoms with Crippen molar-refractivity contribution in [3.8, 4) is 28.5 Å². The highest BCUT2D eigenvalue weighted by Crippen LogP contribution is 2.44. The first kappa shape index (κ1) is 26.8. The number of rotatable bonds is 3. The number of phenolic OH excluding ortho intramolecular Hbond substituents is 1. The fourth-order valence-corrected chi connectivity index (χ4v) is 8.31. The van der Waals surface area contributed by atoms with Gasteiger partial charge in [0.15, 0.2) is 11.3 Å². The maximum atomic E-state index is 11.0. The van der Waals surface area contributed by atoms with E-state index >= 15 is 0 Å². The maximum absolute atomic E-state index is 11.0. The van der Waals surface area contributed by atoms with Crippen molar-refractivity contribution >= 4 is 87.6 Å². The summed E-state index contributed by atoms with van der Waals surface area (Å²) in [6, 6.07) is 44.9. The molecule has 6 aromatic heterocycles. The van der Waals surface area contributed by atoms with Crippen LogP contribution >= 0.6 is 0 Å². The van der Waals surface area contributed by atoms with Gasteiger partial charge in [0.1, 0.15) is 22.7 Å². The second-order valence-electron chi connectivity index (χ2n) is 13.1. The lowest BCUT2D eigenvalue weighted by atomic mass is 10.1. The number of hydrogen-bond acceptors (Lipinski definition) is 5. The van der Waals surface area contributed by atoms with Gasteiger partial charge >= 0.3 is 0 Å². The van der Waals surface area contributed by atoms with Gasteiger partial charge in [0.2, 0.25) is 5.71 Å². The van der Waals surface area contributed by atoms with Crippen LogP contribution in [-0.4, -0.2) is 23.9 Å². The van der Waals surface area contributed by atoms with Crippen LogP contribution in [0.4, 0.5) is 0 Å². The van der Waals surface area contributed by atoms with Crippen LogP contribution in [0, 0.1) is 0 Å². The third-order valence-corrected chi connectivity index (χ3v) is 10.4. The average Bonchev–Trinajstić information content (AvgIpc) is 3.92. The molecule has 6 heterocycles. The summed E-state index contributed by atoms with van der Waals surface area (Å²) in [4.78, 5) is 9.93. The lowest BCUT2D eigenvalue weighted by Gasteiger charge is -2.10. The lowest BCUT2D eigenvalue weighted by Crippen LogP contribution is -1.91. The summed E-state index contributed by atoms with van der Waals surface area (Å²) in [5.41, 5.74) is 8.95. The van der Waals surface area contributed by atoms with E-state index in [9.17, 15) is 5.11 Å². The second kappa shape index (κ2) is 9.52. The van der Waals surface area contributed by atoms with Crippen molar-refractivity contribution in [3.05, 3.63) is 140 Å². The van der Waals surface area contributed by atoms with E-state index in [1.54, 1.807) is 6.07 Å². The van der Waals surface area contributed by atoms with Gasteiger partial charge in [0.05, 0.1) is 44.7 Å². The summed E-state index contributed by atoms with van der Waals surface area (Å²) in [7, 11) is 0. The van der Waals surface area contributed by atoms with Gasteiger partial charge in [-0.05, 0) is 53.9 Å². The number of nitrogens with zero attached hydrogens (tertiary/aromatic N) is 4. The Morgan fingerprint density at radius 3 is 2.20 bits per heavy atom. The van der Waals surface area contributed by atoms with Crippen molar-refractivity contribution in [1.82, 2.24) is 18.8 Å². The number of ether oxygens (including phenoxy) is 1. The minimum absolute atomic E-state index is 0.195.